The Bertz CT molecular complexity index is 893. The Hall–Kier alpha value is -2.88. The van der Waals surface area contributed by atoms with Gasteiger partial charge in [-0.05, 0) is 96.9 Å². The molecule has 2 aliphatic rings. The predicted molar refractivity (Wildman–Crippen MR) is 120 cm³/mol. The van der Waals surface area contributed by atoms with Crippen molar-refractivity contribution in [3.05, 3.63) is 59.7 Å². The molecule has 0 fully saturated rings. The van der Waals surface area contributed by atoms with Crippen molar-refractivity contribution >= 4 is 11.1 Å². The van der Waals surface area contributed by atoms with Gasteiger partial charge in [-0.25, -0.2) is 0 Å². The Balaban J connectivity index is 1.40. The summed E-state index contributed by atoms with van der Waals surface area (Å²) in [7, 11) is 3.17. The summed E-state index contributed by atoms with van der Waals surface area (Å²) >= 11 is 0. The highest BCUT2D eigenvalue weighted by molar-refractivity contribution is 5.70. The molecular weight excluding hydrogens is 376 g/mol. The molecule has 0 saturated heterocycles. The number of methoxy groups -OCH3 is 2. The van der Waals surface area contributed by atoms with Gasteiger partial charge in [-0.1, -0.05) is 24.3 Å². The average Bonchev–Trinajstić information content (AvgIpc) is 2.80. The summed E-state index contributed by atoms with van der Waals surface area (Å²) < 4.78 is 10.5. The third-order valence-electron chi connectivity index (χ3n) is 6.67. The van der Waals surface area contributed by atoms with Gasteiger partial charge in [-0.15, -0.1) is 0 Å². The van der Waals surface area contributed by atoms with E-state index in [9.17, 15) is 10.2 Å². The number of phenolic OH excluding ortho intramolecular Hbond substituents is 2. The molecule has 0 spiro atoms. The van der Waals surface area contributed by atoms with Gasteiger partial charge in [0.1, 0.15) is 0 Å². The minimum Gasteiger partial charge on any atom is -0.504 e. The predicted octanol–water partition coefficient (Wildman–Crippen LogP) is 6.18. The van der Waals surface area contributed by atoms with E-state index in [1.807, 2.05) is 24.3 Å². The van der Waals surface area contributed by atoms with Gasteiger partial charge in [0.05, 0.1) is 14.2 Å². The van der Waals surface area contributed by atoms with Crippen LogP contribution in [0.25, 0.3) is 11.1 Å². The van der Waals surface area contributed by atoms with E-state index in [1.165, 1.54) is 24.0 Å². The molecule has 4 heteroatoms. The van der Waals surface area contributed by atoms with E-state index in [0.29, 0.717) is 11.5 Å². The van der Waals surface area contributed by atoms with Crippen LogP contribution in [0.1, 0.15) is 49.7 Å². The van der Waals surface area contributed by atoms with E-state index in [4.69, 9.17) is 9.47 Å². The van der Waals surface area contributed by atoms with Gasteiger partial charge in [0, 0.05) is 0 Å². The quantitative estimate of drug-likeness (QED) is 0.622. The van der Waals surface area contributed by atoms with Crippen LogP contribution in [0.15, 0.2) is 48.6 Å². The minimum absolute atomic E-state index is 0.187. The van der Waals surface area contributed by atoms with Crippen LogP contribution in [0, 0.1) is 11.8 Å². The van der Waals surface area contributed by atoms with E-state index in [1.54, 1.807) is 26.4 Å². The number of phenols is 2. The van der Waals surface area contributed by atoms with Crippen LogP contribution in [0.3, 0.4) is 0 Å². The van der Waals surface area contributed by atoms with Gasteiger partial charge in [-0.2, -0.15) is 0 Å². The van der Waals surface area contributed by atoms with Crippen molar-refractivity contribution in [1.82, 2.24) is 0 Å². The van der Waals surface area contributed by atoms with Crippen molar-refractivity contribution in [2.45, 2.75) is 38.5 Å². The molecule has 0 aromatic heterocycles. The van der Waals surface area contributed by atoms with Crippen LogP contribution in [-0.4, -0.2) is 24.4 Å². The Morgan fingerprint density at radius 3 is 1.47 bits per heavy atom. The second-order valence-electron chi connectivity index (χ2n) is 8.30. The molecule has 2 aromatic rings. The molecule has 158 valence electrons. The van der Waals surface area contributed by atoms with Crippen molar-refractivity contribution in [3.8, 4) is 23.0 Å². The fraction of sp³-hybridized carbons (Fsp3) is 0.385. The second-order valence-corrected chi connectivity index (χ2v) is 8.30. The van der Waals surface area contributed by atoms with Gasteiger partial charge >= 0.3 is 0 Å². The monoisotopic (exact) mass is 406 g/mol. The van der Waals surface area contributed by atoms with Crippen LogP contribution >= 0.6 is 0 Å². The third kappa shape index (κ3) is 4.18. The topological polar surface area (TPSA) is 58.9 Å². The third-order valence-corrected chi connectivity index (χ3v) is 6.67. The van der Waals surface area contributed by atoms with E-state index in [-0.39, 0.29) is 11.5 Å². The summed E-state index contributed by atoms with van der Waals surface area (Å²) in [5.74, 6) is 2.88. The molecule has 0 saturated carbocycles. The first-order valence-electron chi connectivity index (χ1n) is 10.7. The standard InChI is InChI=1S/C26H30O4/c1-29-25-15-21(11-13-23(25)27)19-7-3-17(4-8-19)18-5-9-20(10-6-18)22-12-14-24(28)26(16-22)30-2/h7,9,11-18,27-28H,3-6,8,10H2,1-2H3. The maximum Gasteiger partial charge on any atom is 0.161 e. The molecule has 2 N–H and O–H groups in total. The lowest BCUT2D eigenvalue weighted by molar-refractivity contribution is 0.292. The molecule has 0 heterocycles. The maximum atomic E-state index is 9.82. The van der Waals surface area contributed by atoms with Crippen LogP contribution in [0.5, 0.6) is 23.0 Å². The number of hydrogen-bond donors (Lipinski definition) is 2. The molecule has 0 amide bonds. The molecule has 30 heavy (non-hydrogen) atoms. The van der Waals surface area contributed by atoms with E-state index >= 15 is 0 Å². The van der Waals surface area contributed by atoms with Crippen molar-refractivity contribution in [2.24, 2.45) is 11.8 Å². The number of benzene rings is 2. The second kappa shape index (κ2) is 8.86. The zero-order chi connectivity index (χ0) is 21.1. The van der Waals surface area contributed by atoms with Gasteiger partial charge in [0.2, 0.25) is 0 Å². The maximum absolute atomic E-state index is 9.82. The first-order valence-corrected chi connectivity index (χ1v) is 10.7. The smallest absolute Gasteiger partial charge is 0.161 e. The van der Waals surface area contributed by atoms with E-state index in [2.05, 4.69) is 12.2 Å². The van der Waals surface area contributed by atoms with Crippen LogP contribution < -0.4 is 9.47 Å². The minimum atomic E-state index is 0.187. The van der Waals surface area contributed by atoms with Gasteiger partial charge in [0.25, 0.3) is 0 Å². The molecular formula is C26H30O4. The lowest BCUT2D eigenvalue weighted by Gasteiger charge is -2.32. The van der Waals surface area contributed by atoms with Crippen molar-refractivity contribution in [1.29, 1.82) is 0 Å². The summed E-state index contributed by atoms with van der Waals surface area (Å²) in [6.45, 7) is 0. The summed E-state index contributed by atoms with van der Waals surface area (Å²) in [6, 6.07) is 11.3. The summed E-state index contributed by atoms with van der Waals surface area (Å²) in [5.41, 5.74) is 5.01. The lowest BCUT2D eigenvalue weighted by Crippen LogP contribution is -2.19. The summed E-state index contributed by atoms with van der Waals surface area (Å²) in [4.78, 5) is 0. The summed E-state index contributed by atoms with van der Waals surface area (Å²) in [5, 5.41) is 19.6. The van der Waals surface area contributed by atoms with Gasteiger partial charge in [-0.3, -0.25) is 0 Å². The molecule has 0 radical (unpaired) electrons. The number of allylic oxidation sites excluding steroid dienone is 4. The number of aromatic hydroxyl groups is 2. The SMILES string of the molecule is COc1cc(C2=CCC(C3CC=C(c4ccc(O)c(OC)c4)CC3)CC2)ccc1O. The van der Waals surface area contributed by atoms with Gasteiger partial charge in [0.15, 0.2) is 23.0 Å². The molecule has 4 rings (SSSR count). The zero-order valence-corrected chi connectivity index (χ0v) is 17.7. The Kier molecular flexibility index (Phi) is 6.03. The van der Waals surface area contributed by atoms with Crippen LogP contribution in [0.4, 0.5) is 0 Å². The molecule has 4 nitrogen and oxygen atoms in total. The zero-order valence-electron chi connectivity index (χ0n) is 17.7. The highest BCUT2D eigenvalue weighted by Gasteiger charge is 2.26. The molecule has 2 unspecified atom stereocenters. The fourth-order valence-corrected chi connectivity index (χ4v) is 4.84. The first kappa shape index (κ1) is 20.4. The average molecular weight is 407 g/mol. The fourth-order valence-electron chi connectivity index (χ4n) is 4.84. The summed E-state index contributed by atoms with van der Waals surface area (Å²) in [6.07, 6.45) is 11.5. The van der Waals surface area contributed by atoms with Crippen LogP contribution in [-0.2, 0) is 0 Å². The molecule has 2 aliphatic carbocycles. The molecule has 0 aliphatic heterocycles. The number of rotatable bonds is 5. The Labute approximate surface area is 178 Å². The van der Waals surface area contributed by atoms with Crippen molar-refractivity contribution < 1.29 is 19.7 Å². The lowest BCUT2D eigenvalue weighted by atomic mass is 9.73. The van der Waals surface area contributed by atoms with E-state index in [0.717, 1.165) is 48.6 Å². The molecule has 0 bridgehead atoms. The Morgan fingerprint density at radius 2 is 1.13 bits per heavy atom. The molecule has 2 atom stereocenters. The normalized spacial score (nSPS) is 21.5. The van der Waals surface area contributed by atoms with Gasteiger partial charge < -0.3 is 19.7 Å². The Morgan fingerprint density at radius 1 is 0.700 bits per heavy atom. The first-order chi connectivity index (χ1) is 14.6. The highest BCUT2D eigenvalue weighted by Crippen LogP contribution is 2.42. The number of hydrogen-bond acceptors (Lipinski definition) is 4. The largest absolute Gasteiger partial charge is 0.504 e. The number of ether oxygens (including phenoxy) is 2. The van der Waals surface area contributed by atoms with Crippen molar-refractivity contribution in [3.63, 3.8) is 0 Å². The molecule has 2 aromatic carbocycles. The van der Waals surface area contributed by atoms with Crippen LogP contribution in [0.2, 0.25) is 0 Å². The van der Waals surface area contributed by atoms with Crippen molar-refractivity contribution in [2.75, 3.05) is 14.2 Å². The highest BCUT2D eigenvalue weighted by atomic mass is 16.5. The van der Waals surface area contributed by atoms with E-state index < -0.39 is 0 Å².